The summed E-state index contributed by atoms with van der Waals surface area (Å²) < 4.78 is 0. The molecular weight excluding hydrogens is 140 g/mol. The maximum absolute atomic E-state index is 11.0. The fourth-order valence-electron chi connectivity index (χ4n) is 1.48. The van der Waals surface area contributed by atoms with Crippen molar-refractivity contribution in [3.8, 4) is 0 Å². The van der Waals surface area contributed by atoms with Crippen LogP contribution in [-0.4, -0.2) is 11.6 Å². The molecular formula is C9H14O2. The van der Waals surface area contributed by atoms with Crippen molar-refractivity contribution in [2.75, 3.05) is 0 Å². The summed E-state index contributed by atoms with van der Waals surface area (Å²) in [5, 5.41) is 0. The SMILES string of the molecule is C[C@@H]1CC(=O)CC(=O)C[C@H]1C. The Hall–Kier alpha value is -0.660. The van der Waals surface area contributed by atoms with Gasteiger partial charge in [0, 0.05) is 12.8 Å². The normalized spacial score (nSPS) is 33.6. The van der Waals surface area contributed by atoms with Crippen molar-refractivity contribution < 1.29 is 9.59 Å². The molecule has 62 valence electrons. The molecule has 11 heavy (non-hydrogen) atoms. The first-order chi connectivity index (χ1) is 5.09. The average Bonchev–Trinajstić information content (AvgIpc) is 1.93. The molecule has 0 aromatic heterocycles. The van der Waals surface area contributed by atoms with Crippen LogP contribution in [0.5, 0.6) is 0 Å². The number of carbonyl (C=O) groups is 2. The Morgan fingerprint density at radius 2 is 1.36 bits per heavy atom. The summed E-state index contributed by atoms with van der Waals surface area (Å²) >= 11 is 0. The third-order valence-electron chi connectivity index (χ3n) is 2.47. The van der Waals surface area contributed by atoms with E-state index in [1.807, 2.05) is 13.8 Å². The van der Waals surface area contributed by atoms with E-state index < -0.39 is 0 Å². The predicted molar refractivity (Wildman–Crippen MR) is 42.2 cm³/mol. The molecule has 0 unspecified atom stereocenters. The highest BCUT2D eigenvalue weighted by Gasteiger charge is 2.24. The van der Waals surface area contributed by atoms with Crippen LogP contribution in [0.3, 0.4) is 0 Å². The minimum absolute atomic E-state index is 0.117. The first-order valence-electron chi connectivity index (χ1n) is 4.13. The van der Waals surface area contributed by atoms with Crippen molar-refractivity contribution in [2.24, 2.45) is 11.8 Å². The molecule has 0 spiro atoms. The van der Waals surface area contributed by atoms with Crippen LogP contribution in [0.25, 0.3) is 0 Å². The minimum atomic E-state index is 0.117. The summed E-state index contributed by atoms with van der Waals surface area (Å²) in [5.41, 5.74) is 0. The van der Waals surface area contributed by atoms with Gasteiger partial charge in [-0.05, 0) is 11.8 Å². The number of Topliss-reactive ketones (excluding diaryl/α,β-unsaturated/α-hetero) is 2. The van der Waals surface area contributed by atoms with E-state index in [0.29, 0.717) is 24.7 Å². The lowest BCUT2D eigenvalue weighted by molar-refractivity contribution is -0.126. The second-order valence-electron chi connectivity index (χ2n) is 3.62. The number of rotatable bonds is 0. The highest BCUT2D eigenvalue weighted by molar-refractivity contribution is 5.99. The molecule has 1 fully saturated rings. The van der Waals surface area contributed by atoms with E-state index >= 15 is 0 Å². The van der Waals surface area contributed by atoms with Gasteiger partial charge >= 0.3 is 0 Å². The van der Waals surface area contributed by atoms with Gasteiger partial charge in [0.25, 0.3) is 0 Å². The Labute approximate surface area is 67.0 Å². The van der Waals surface area contributed by atoms with E-state index in [9.17, 15) is 9.59 Å². The molecule has 2 atom stereocenters. The number of hydrogen-bond acceptors (Lipinski definition) is 2. The molecule has 2 nitrogen and oxygen atoms in total. The lowest BCUT2D eigenvalue weighted by Crippen LogP contribution is -2.08. The van der Waals surface area contributed by atoms with Gasteiger partial charge in [0.15, 0.2) is 0 Å². The summed E-state index contributed by atoms with van der Waals surface area (Å²) in [6.07, 6.45) is 1.36. The maximum Gasteiger partial charge on any atom is 0.140 e. The average molecular weight is 154 g/mol. The fraction of sp³-hybridized carbons (Fsp3) is 0.778. The van der Waals surface area contributed by atoms with Crippen LogP contribution in [0.4, 0.5) is 0 Å². The molecule has 0 radical (unpaired) electrons. The summed E-state index contributed by atoms with van der Waals surface area (Å²) in [6.45, 7) is 4.09. The smallest absolute Gasteiger partial charge is 0.140 e. The van der Waals surface area contributed by atoms with Crippen LogP contribution in [0.2, 0.25) is 0 Å². The highest BCUT2D eigenvalue weighted by Crippen LogP contribution is 2.23. The molecule has 0 bridgehead atoms. The van der Waals surface area contributed by atoms with E-state index in [2.05, 4.69) is 0 Å². The van der Waals surface area contributed by atoms with Crippen molar-refractivity contribution in [1.29, 1.82) is 0 Å². The topological polar surface area (TPSA) is 34.1 Å². The van der Waals surface area contributed by atoms with Gasteiger partial charge in [-0.15, -0.1) is 0 Å². The van der Waals surface area contributed by atoms with Crippen LogP contribution in [-0.2, 0) is 9.59 Å². The minimum Gasteiger partial charge on any atom is -0.299 e. The standard InChI is InChI=1S/C9H14O2/c1-6-3-8(10)5-9(11)4-7(6)2/h6-7H,3-5H2,1-2H3/t6-,7-/m1/s1. The summed E-state index contributed by atoms with van der Waals surface area (Å²) in [5.74, 6) is 1.00. The van der Waals surface area contributed by atoms with E-state index in [1.54, 1.807) is 0 Å². The van der Waals surface area contributed by atoms with Gasteiger partial charge < -0.3 is 0 Å². The van der Waals surface area contributed by atoms with Gasteiger partial charge in [0.05, 0.1) is 6.42 Å². The highest BCUT2D eigenvalue weighted by atomic mass is 16.1. The Kier molecular flexibility index (Phi) is 2.42. The predicted octanol–water partition coefficient (Wildman–Crippen LogP) is 1.58. The first kappa shape index (κ1) is 8.44. The van der Waals surface area contributed by atoms with E-state index in [-0.39, 0.29) is 18.0 Å². The van der Waals surface area contributed by atoms with Gasteiger partial charge in [-0.25, -0.2) is 0 Å². The molecule has 1 aliphatic rings. The molecule has 0 heterocycles. The Bertz CT molecular complexity index is 164. The summed E-state index contributed by atoms with van der Waals surface area (Å²) in [6, 6.07) is 0. The third-order valence-corrected chi connectivity index (χ3v) is 2.47. The van der Waals surface area contributed by atoms with E-state index in [0.717, 1.165) is 0 Å². The lowest BCUT2D eigenvalue weighted by Gasteiger charge is -2.13. The van der Waals surface area contributed by atoms with Crippen molar-refractivity contribution in [3.05, 3.63) is 0 Å². The van der Waals surface area contributed by atoms with Crippen molar-refractivity contribution >= 4 is 11.6 Å². The second kappa shape index (κ2) is 3.16. The van der Waals surface area contributed by atoms with Gasteiger partial charge in [0.1, 0.15) is 11.6 Å². The zero-order valence-electron chi connectivity index (χ0n) is 7.09. The van der Waals surface area contributed by atoms with Crippen molar-refractivity contribution in [3.63, 3.8) is 0 Å². The molecule has 2 heteroatoms. The monoisotopic (exact) mass is 154 g/mol. The van der Waals surface area contributed by atoms with Crippen molar-refractivity contribution in [1.82, 2.24) is 0 Å². The van der Waals surface area contributed by atoms with Crippen molar-refractivity contribution in [2.45, 2.75) is 33.1 Å². The second-order valence-corrected chi connectivity index (χ2v) is 3.62. The fourth-order valence-corrected chi connectivity index (χ4v) is 1.48. The van der Waals surface area contributed by atoms with Gasteiger partial charge in [-0.2, -0.15) is 0 Å². The van der Waals surface area contributed by atoms with Gasteiger partial charge in [-0.1, -0.05) is 13.8 Å². The molecule has 0 aromatic rings. The largest absolute Gasteiger partial charge is 0.299 e. The molecule has 1 rings (SSSR count). The van der Waals surface area contributed by atoms with Crippen LogP contribution < -0.4 is 0 Å². The molecule has 1 saturated carbocycles. The van der Waals surface area contributed by atoms with Crippen LogP contribution in [0.15, 0.2) is 0 Å². The number of ketones is 2. The molecule has 1 aliphatic carbocycles. The van der Waals surface area contributed by atoms with Gasteiger partial charge in [-0.3, -0.25) is 9.59 Å². The summed E-state index contributed by atoms with van der Waals surface area (Å²) in [4.78, 5) is 22.1. The van der Waals surface area contributed by atoms with Crippen LogP contribution >= 0.6 is 0 Å². The third kappa shape index (κ3) is 2.14. The quantitative estimate of drug-likeness (QED) is 0.392. The molecule has 0 N–H and O–H groups in total. The van der Waals surface area contributed by atoms with E-state index in [4.69, 9.17) is 0 Å². The molecule has 0 amide bonds. The summed E-state index contributed by atoms with van der Waals surface area (Å²) in [7, 11) is 0. The zero-order valence-corrected chi connectivity index (χ0v) is 7.09. The van der Waals surface area contributed by atoms with Gasteiger partial charge in [0.2, 0.25) is 0 Å². The maximum atomic E-state index is 11.0. The zero-order chi connectivity index (χ0) is 8.43. The molecule has 0 saturated heterocycles. The van der Waals surface area contributed by atoms with Crippen LogP contribution in [0.1, 0.15) is 33.1 Å². The lowest BCUT2D eigenvalue weighted by atomic mass is 9.91. The van der Waals surface area contributed by atoms with Crippen LogP contribution in [0, 0.1) is 11.8 Å². The van der Waals surface area contributed by atoms with E-state index in [1.165, 1.54) is 0 Å². The Balaban J connectivity index is 2.66. The molecule has 0 aromatic carbocycles. The number of hydrogen-bond donors (Lipinski definition) is 0. The molecule has 0 aliphatic heterocycles. The first-order valence-corrected chi connectivity index (χ1v) is 4.13. The Morgan fingerprint density at radius 1 is 1.00 bits per heavy atom. The number of carbonyl (C=O) groups excluding carboxylic acids is 2. The Morgan fingerprint density at radius 3 is 1.73 bits per heavy atom.